The Morgan fingerprint density at radius 2 is 1.68 bits per heavy atom. The Morgan fingerprint density at radius 1 is 1.10 bits per heavy atom. The molecule has 0 bridgehead atoms. The highest BCUT2D eigenvalue weighted by Gasteiger charge is 2.32. The molecule has 0 aliphatic heterocycles. The molecule has 0 aliphatic rings. The van der Waals surface area contributed by atoms with E-state index in [9.17, 15) is 26.7 Å². The second-order valence-electron chi connectivity index (χ2n) is 5.89. The maximum atomic E-state index is 13.0. The second kappa shape index (κ2) is 9.76. The molecule has 31 heavy (non-hydrogen) atoms. The number of methoxy groups -OCH3 is 2. The van der Waals surface area contributed by atoms with E-state index in [4.69, 9.17) is 14.0 Å². The summed E-state index contributed by atoms with van der Waals surface area (Å²) in [6.07, 6.45) is -0.415. The molecule has 2 rings (SSSR count). The number of aromatic nitrogens is 2. The molecule has 0 saturated carbocycles. The molecule has 3 N–H and O–H groups in total. The number of para-hydroxylation sites is 1. The molecule has 13 nitrogen and oxygen atoms in total. The van der Waals surface area contributed by atoms with Crippen molar-refractivity contribution in [3.05, 3.63) is 30.3 Å². The minimum atomic E-state index is -4.62. The Morgan fingerprint density at radius 3 is 2.19 bits per heavy atom. The molecule has 1 aromatic heterocycles. The molecular weight excluding hydrogens is 456 g/mol. The Labute approximate surface area is 178 Å². The van der Waals surface area contributed by atoms with Gasteiger partial charge in [-0.05, 0) is 18.6 Å². The summed E-state index contributed by atoms with van der Waals surface area (Å²) in [4.78, 5) is 19.9. The first kappa shape index (κ1) is 24.1. The van der Waals surface area contributed by atoms with Crippen molar-refractivity contribution in [3.63, 3.8) is 0 Å². The molecule has 170 valence electrons. The van der Waals surface area contributed by atoms with Gasteiger partial charge >= 0.3 is 6.03 Å². The smallest absolute Gasteiger partial charge is 0.338 e. The molecule has 1 aromatic carbocycles. The lowest BCUT2D eigenvalue weighted by Gasteiger charge is -2.22. The number of ether oxygens (including phenoxy) is 2. The quantitative estimate of drug-likeness (QED) is 0.433. The predicted molar refractivity (Wildman–Crippen MR) is 107 cm³/mol. The lowest BCUT2D eigenvalue weighted by molar-refractivity contribution is 0.235. The Kier molecular flexibility index (Phi) is 7.59. The van der Waals surface area contributed by atoms with E-state index < -0.39 is 55.5 Å². The van der Waals surface area contributed by atoms with Crippen LogP contribution in [-0.4, -0.2) is 73.3 Å². The van der Waals surface area contributed by atoms with E-state index >= 15 is 0 Å². The van der Waals surface area contributed by atoms with E-state index in [-0.39, 0.29) is 17.7 Å². The van der Waals surface area contributed by atoms with Crippen LogP contribution in [-0.2, 0) is 20.1 Å². The van der Waals surface area contributed by atoms with Gasteiger partial charge in [-0.2, -0.15) is 18.4 Å². The lowest BCUT2D eigenvalue weighted by atomic mass is 10.3. The largest absolute Gasteiger partial charge is 0.507 e. The average molecular weight is 476 g/mol. The molecule has 0 aliphatic carbocycles. The van der Waals surface area contributed by atoms with E-state index in [1.54, 1.807) is 0 Å². The first-order valence-corrected chi connectivity index (χ1v) is 11.6. The summed E-state index contributed by atoms with van der Waals surface area (Å²) in [5, 5.41) is 12.1. The number of rotatable bonds is 9. The van der Waals surface area contributed by atoms with Crippen molar-refractivity contribution in [2.75, 3.05) is 31.8 Å². The first-order valence-electron chi connectivity index (χ1n) is 8.52. The van der Waals surface area contributed by atoms with Crippen molar-refractivity contribution in [3.8, 4) is 17.5 Å². The zero-order chi connectivity index (χ0) is 23.2. The molecule has 1 heterocycles. The fourth-order valence-electron chi connectivity index (χ4n) is 2.34. The maximum absolute atomic E-state index is 13.0. The van der Waals surface area contributed by atoms with Crippen molar-refractivity contribution in [2.24, 2.45) is 0 Å². The SMILES string of the molecule is COc1cc(OC)nc(NC(=O)N(CCCS(=O)(=O)O)S(=O)(=O)c2ccccc2O)n1. The summed E-state index contributed by atoms with van der Waals surface area (Å²) in [6.45, 7) is -0.636. The highest BCUT2D eigenvalue weighted by atomic mass is 32.2. The standard InChI is InChI=1S/C16H20N4O9S2/c1-28-13-10-14(29-2)18-15(17-13)19-16(22)20(8-5-9-30(23,24)25)31(26,27)12-7-4-3-6-11(12)21/h3-4,6-7,10,21H,5,8-9H2,1-2H3,(H,23,24,25)(H,17,18,19,22). The van der Waals surface area contributed by atoms with Gasteiger partial charge in [0, 0.05) is 6.54 Å². The number of nitrogens with zero attached hydrogens (tertiary/aromatic N) is 3. The van der Waals surface area contributed by atoms with Crippen LogP contribution >= 0.6 is 0 Å². The van der Waals surface area contributed by atoms with Gasteiger partial charge in [0.2, 0.25) is 17.7 Å². The molecule has 0 spiro atoms. The molecule has 2 amide bonds. The van der Waals surface area contributed by atoms with Crippen molar-refractivity contribution < 1.29 is 40.8 Å². The van der Waals surface area contributed by atoms with Crippen molar-refractivity contribution in [1.29, 1.82) is 0 Å². The zero-order valence-electron chi connectivity index (χ0n) is 16.4. The molecule has 0 fully saturated rings. The number of nitrogens with one attached hydrogen (secondary N) is 1. The summed E-state index contributed by atoms with van der Waals surface area (Å²) in [5.74, 6) is -1.73. The van der Waals surface area contributed by atoms with E-state index in [0.717, 1.165) is 12.1 Å². The Bertz CT molecular complexity index is 1130. The van der Waals surface area contributed by atoms with Gasteiger partial charge in [0.1, 0.15) is 10.6 Å². The highest BCUT2D eigenvalue weighted by molar-refractivity contribution is 7.89. The number of urea groups is 1. The van der Waals surface area contributed by atoms with Gasteiger partial charge in [-0.1, -0.05) is 12.1 Å². The molecule has 0 radical (unpaired) electrons. The lowest BCUT2D eigenvalue weighted by Crippen LogP contribution is -2.41. The van der Waals surface area contributed by atoms with Gasteiger partial charge in [-0.15, -0.1) is 0 Å². The minimum absolute atomic E-state index is 0.0173. The normalized spacial score (nSPS) is 11.6. The van der Waals surface area contributed by atoms with Gasteiger partial charge in [-0.3, -0.25) is 9.87 Å². The second-order valence-corrected chi connectivity index (χ2v) is 9.29. The summed E-state index contributed by atoms with van der Waals surface area (Å²) in [5.41, 5.74) is 0. The maximum Gasteiger partial charge on any atom is 0.338 e. The van der Waals surface area contributed by atoms with Gasteiger partial charge in [0.15, 0.2) is 0 Å². The minimum Gasteiger partial charge on any atom is -0.507 e. The van der Waals surface area contributed by atoms with Gasteiger partial charge in [-0.25, -0.2) is 17.5 Å². The van der Waals surface area contributed by atoms with E-state index in [1.807, 2.05) is 0 Å². The number of benzene rings is 1. The molecular formula is C16H20N4O9S2. The van der Waals surface area contributed by atoms with Gasteiger partial charge in [0.25, 0.3) is 20.1 Å². The number of hydrogen-bond donors (Lipinski definition) is 3. The number of aromatic hydroxyl groups is 1. The summed E-state index contributed by atoms with van der Waals surface area (Å²) >= 11 is 0. The van der Waals surface area contributed by atoms with E-state index in [1.165, 1.54) is 32.4 Å². The monoisotopic (exact) mass is 476 g/mol. The fraction of sp³-hybridized carbons (Fsp3) is 0.312. The van der Waals surface area contributed by atoms with E-state index in [2.05, 4.69) is 15.3 Å². The molecule has 0 unspecified atom stereocenters. The zero-order valence-corrected chi connectivity index (χ0v) is 18.1. The number of phenols is 1. The third-order valence-corrected chi connectivity index (χ3v) is 6.37. The van der Waals surface area contributed by atoms with Crippen LogP contribution in [0.4, 0.5) is 10.7 Å². The van der Waals surface area contributed by atoms with Crippen LogP contribution in [0.25, 0.3) is 0 Å². The third-order valence-electron chi connectivity index (χ3n) is 3.74. The Balaban J connectivity index is 2.40. The number of carbonyl (C=O) groups excluding carboxylic acids is 1. The first-order chi connectivity index (χ1) is 14.5. The number of phenolic OH excluding ortho intramolecular Hbond substituents is 1. The summed E-state index contributed by atoms with van der Waals surface area (Å²) in [6, 6.07) is 4.97. The van der Waals surface area contributed by atoms with Crippen LogP contribution in [0, 0.1) is 0 Å². The third kappa shape index (κ3) is 6.40. The number of sulfonamides is 1. The van der Waals surface area contributed by atoms with Gasteiger partial charge in [0.05, 0.1) is 26.0 Å². The topological polar surface area (TPSA) is 185 Å². The van der Waals surface area contributed by atoms with Crippen LogP contribution in [0.2, 0.25) is 0 Å². The number of amides is 2. The molecule has 15 heteroatoms. The van der Waals surface area contributed by atoms with Crippen LogP contribution in [0.1, 0.15) is 6.42 Å². The summed E-state index contributed by atoms with van der Waals surface area (Å²) < 4.78 is 67.1. The van der Waals surface area contributed by atoms with Crippen LogP contribution in [0.15, 0.2) is 35.2 Å². The van der Waals surface area contributed by atoms with Crippen molar-refractivity contribution >= 4 is 32.1 Å². The van der Waals surface area contributed by atoms with Crippen LogP contribution in [0.3, 0.4) is 0 Å². The van der Waals surface area contributed by atoms with Gasteiger partial charge < -0.3 is 14.6 Å². The van der Waals surface area contributed by atoms with E-state index in [0.29, 0.717) is 4.31 Å². The number of anilines is 1. The number of carbonyl (C=O) groups is 1. The van der Waals surface area contributed by atoms with Crippen molar-refractivity contribution in [2.45, 2.75) is 11.3 Å². The van der Waals surface area contributed by atoms with Crippen LogP contribution < -0.4 is 14.8 Å². The number of hydrogen-bond acceptors (Lipinski definition) is 10. The molecule has 0 atom stereocenters. The summed E-state index contributed by atoms with van der Waals surface area (Å²) in [7, 11) is -6.42. The highest BCUT2D eigenvalue weighted by Crippen LogP contribution is 2.26. The average Bonchev–Trinajstić information content (AvgIpc) is 2.69. The fourth-order valence-corrected chi connectivity index (χ4v) is 4.29. The van der Waals surface area contributed by atoms with Crippen molar-refractivity contribution in [1.82, 2.24) is 14.3 Å². The predicted octanol–water partition coefficient (Wildman–Crippen LogP) is 0.700. The Hall–Kier alpha value is -3.17. The van der Waals surface area contributed by atoms with Crippen LogP contribution in [0.5, 0.6) is 17.5 Å². The molecule has 2 aromatic rings. The molecule has 0 saturated heterocycles.